The minimum Gasteiger partial charge on any atom is -0.387 e. The normalized spacial score (nSPS) is 17.6. The Morgan fingerprint density at radius 2 is 2.04 bits per heavy atom. The van der Waals surface area contributed by atoms with Gasteiger partial charge < -0.3 is 10.0 Å². The van der Waals surface area contributed by atoms with Gasteiger partial charge in [-0.3, -0.25) is 4.90 Å². The van der Waals surface area contributed by atoms with E-state index in [1.807, 2.05) is 17.0 Å². The Balaban J connectivity index is 1.31. The molecule has 1 saturated heterocycles. The number of rotatable bonds is 7. The second kappa shape index (κ2) is 8.53. The van der Waals surface area contributed by atoms with Gasteiger partial charge in [0.05, 0.1) is 11.8 Å². The van der Waals surface area contributed by atoms with Gasteiger partial charge >= 0.3 is 0 Å². The summed E-state index contributed by atoms with van der Waals surface area (Å²) in [6.07, 6.45) is 4.38. The number of nitrogens with zero attached hydrogens (tertiary/aromatic N) is 4. The molecule has 1 unspecified atom stereocenters. The summed E-state index contributed by atoms with van der Waals surface area (Å²) in [5, 5.41) is 15.2. The van der Waals surface area contributed by atoms with Gasteiger partial charge in [-0.15, -0.1) is 22.7 Å². The fraction of sp³-hybridized carbons (Fsp3) is 0.600. The fourth-order valence-electron chi connectivity index (χ4n) is 2.77. The third-order valence-corrected chi connectivity index (χ3v) is 6.31. The van der Waals surface area contributed by atoms with Crippen LogP contribution in [0.25, 0.3) is 0 Å². The summed E-state index contributed by atoms with van der Waals surface area (Å²) in [6, 6.07) is 0. The van der Waals surface area contributed by atoms with Gasteiger partial charge in [-0.2, -0.15) is 0 Å². The summed E-state index contributed by atoms with van der Waals surface area (Å²) in [4.78, 5) is 13.5. The standard InChI is InChI=1S/C15H21BrN4OS2/c16-14-18-12(11-23-14)13(21)3-1-2-5-19-6-8-20(9-7-19)15-17-4-10-22-15/h4,10-11,13,21H,1-3,5-9H2. The summed E-state index contributed by atoms with van der Waals surface area (Å²) in [5.74, 6) is 0. The average molecular weight is 417 g/mol. The Hall–Kier alpha value is -0.540. The number of halogens is 1. The van der Waals surface area contributed by atoms with E-state index in [1.54, 1.807) is 11.3 Å². The van der Waals surface area contributed by atoms with Crippen molar-refractivity contribution in [2.24, 2.45) is 0 Å². The van der Waals surface area contributed by atoms with Crippen molar-refractivity contribution in [3.63, 3.8) is 0 Å². The number of hydrogen-bond acceptors (Lipinski definition) is 7. The second-order valence-electron chi connectivity index (χ2n) is 5.68. The molecule has 8 heteroatoms. The summed E-state index contributed by atoms with van der Waals surface area (Å²) in [5.41, 5.74) is 0.791. The largest absolute Gasteiger partial charge is 0.387 e. The third-order valence-electron chi connectivity index (χ3n) is 4.10. The molecule has 0 amide bonds. The lowest BCUT2D eigenvalue weighted by atomic mass is 10.1. The molecule has 0 spiro atoms. The molecule has 1 aliphatic heterocycles. The molecule has 0 aliphatic carbocycles. The molecule has 3 rings (SSSR count). The van der Waals surface area contributed by atoms with Crippen LogP contribution in [-0.4, -0.2) is 52.7 Å². The first kappa shape index (κ1) is 17.3. The van der Waals surface area contributed by atoms with Crippen LogP contribution in [-0.2, 0) is 0 Å². The molecule has 0 aromatic carbocycles. The number of aliphatic hydroxyl groups excluding tert-OH is 1. The topological polar surface area (TPSA) is 52.5 Å². The van der Waals surface area contributed by atoms with Gasteiger partial charge in [0, 0.05) is 43.1 Å². The fourth-order valence-corrected chi connectivity index (χ4v) is 4.54. The molecule has 1 aliphatic rings. The van der Waals surface area contributed by atoms with Crippen LogP contribution >= 0.6 is 38.6 Å². The number of hydrogen-bond donors (Lipinski definition) is 1. The van der Waals surface area contributed by atoms with E-state index < -0.39 is 6.10 Å². The van der Waals surface area contributed by atoms with Gasteiger partial charge in [0.1, 0.15) is 0 Å². The van der Waals surface area contributed by atoms with Gasteiger partial charge in [0.2, 0.25) is 0 Å². The van der Waals surface area contributed by atoms with Gasteiger partial charge in [0.15, 0.2) is 9.05 Å². The molecular weight excluding hydrogens is 396 g/mol. The quantitative estimate of drug-likeness (QED) is 0.700. The Morgan fingerprint density at radius 3 is 2.70 bits per heavy atom. The molecule has 5 nitrogen and oxygen atoms in total. The Morgan fingerprint density at radius 1 is 1.22 bits per heavy atom. The molecule has 126 valence electrons. The zero-order chi connectivity index (χ0) is 16.1. The van der Waals surface area contributed by atoms with Crippen LogP contribution in [0.15, 0.2) is 20.9 Å². The molecule has 1 N–H and O–H groups in total. The molecule has 1 fully saturated rings. The minimum absolute atomic E-state index is 0.431. The van der Waals surface area contributed by atoms with Crippen molar-refractivity contribution < 1.29 is 5.11 Å². The highest BCUT2D eigenvalue weighted by atomic mass is 79.9. The Bertz CT molecular complexity index is 584. The Labute approximate surface area is 153 Å². The summed E-state index contributed by atoms with van der Waals surface area (Å²) in [6.45, 7) is 5.42. The molecular formula is C15H21BrN4OS2. The molecule has 0 bridgehead atoms. The maximum absolute atomic E-state index is 10.1. The zero-order valence-corrected chi connectivity index (χ0v) is 16.1. The van der Waals surface area contributed by atoms with Crippen molar-refractivity contribution in [3.05, 3.63) is 26.6 Å². The lowest BCUT2D eigenvalue weighted by Crippen LogP contribution is -2.46. The van der Waals surface area contributed by atoms with Crippen LogP contribution in [0.4, 0.5) is 5.13 Å². The minimum atomic E-state index is -0.431. The molecule has 23 heavy (non-hydrogen) atoms. The predicted octanol–water partition coefficient (Wildman–Crippen LogP) is 3.39. The summed E-state index contributed by atoms with van der Waals surface area (Å²) < 4.78 is 0.838. The van der Waals surface area contributed by atoms with Crippen LogP contribution in [0.2, 0.25) is 0 Å². The maximum Gasteiger partial charge on any atom is 0.185 e. The average Bonchev–Trinajstić information content (AvgIpc) is 3.23. The highest BCUT2D eigenvalue weighted by molar-refractivity contribution is 9.11. The van der Waals surface area contributed by atoms with E-state index in [2.05, 4.69) is 35.7 Å². The van der Waals surface area contributed by atoms with E-state index in [0.29, 0.717) is 0 Å². The monoisotopic (exact) mass is 416 g/mol. The maximum atomic E-state index is 10.1. The number of aliphatic hydroxyl groups is 1. The second-order valence-corrected chi connectivity index (χ2v) is 8.69. The lowest BCUT2D eigenvalue weighted by Gasteiger charge is -2.34. The molecule has 0 saturated carbocycles. The Kier molecular flexibility index (Phi) is 6.41. The van der Waals surface area contributed by atoms with Crippen molar-refractivity contribution in [1.82, 2.24) is 14.9 Å². The van der Waals surface area contributed by atoms with Gasteiger partial charge in [-0.1, -0.05) is 0 Å². The highest BCUT2D eigenvalue weighted by Gasteiger charge is 2.18. The third kappa shape index (κ3) is 4.96. The number of thiazole rings is 2. The van der Waals surface area contributed by atoms with Gasteiger partial charge in [-0.05, 0) is 41.7 Å². The first-order valence-corrected chi connectivity index (χ1v) is 10.4. The molecule has 3 heterocycles. The van der Waals surface area contributed by atoms with E-state index in [9.17, 15) is 5.11 Å². The van der Waals surface area contributed by atoms with Crippen LogP contribution in [0, 0.1) is 0 Å². The van der Waals surface area contributed by atoms with Crippen molar-refractivity contribution >= 4 is 43.7 Å². The zero-order valence-electron chi connectivity index (χ0n) is 12.9. The number of unbranched alkanes of at least 4 members (excludes halogenated alkanes) is 1. The van der Waals surface area contributed by atoms with Crippen molar-refractivity contribution in [2.75, 3.05) is 37.6 Å². The van der Waals surface area contributed by atoms with Crippen molar-refractivity contribution in [2.45, 2.75) is 25.4 Å². The van der Waals surface area contributed by atoms with E-state index in [-0.39, 0.29) is 0 Å². The van der Waals surface area contributed by atoms with Crippen LogP contribution < -0.4 is 4.90 Å². The number of anilines is 1. The van der Waals surface area contributed by atoms with E-state index in [1.165, 1.54) is 11.3 Å². The molecule has 1 atom stereocenters. The van der Waals surface area contributed by atoms with Gasteiger partial charge in [0.25, 0.3) is 0 Å². The molecule has 2 aromatic rings. The highest BCUT2D eigenvalue weighted by Crippen LogP contribution is 2.24. The molecule has 0 radical (unpaired) electrons. The van der Waals surface area contributed by atoms with Crippen molar-refractivity contribution in [3.8, 4) is 0 Å². The number of aromatic nitrogens is 2. The predicted molar refractivity (Wildman–Crippen MR) is 99.4 cm³/mol. The van der Waals surface area contributed by atoms with Crippen LogP contribution in [0.5, 0.6) is 0 Å². The van der Waals surface area contributed by atoms with Crippen molar-refractivity contribution in [1.29, 1.82) is 0 Å². The summed E-state index contributed by atoms with van der Waals surface area (Å²) in [7, 11) is 0. The van der Waals surface area contributed by atoms with E-state index >= 15 is 0 Å². The smallest absolute Gasteiger partial charge is 0.185 e. The van der Waals surface area contributed by atoms with E-state index in [0.717, 1.165) is 66.7 Å². The summed E-state index contributed by atoms with van der Waals surface area (Å²) >= 11 is 6.57. The first-order chi connectivity index (χ1) is 11.2. The SMILES string of the molecule is OC(CCCCN1CCN(c2nccs2)CC1)c1csc(Br)n1. The first-order valence-electron chi connectivity index (χ1n) is 7.88. The van der Waals surface area contributed by atoms with E-state index in [4.69, 9.17) is 0 Å². The number of piperazine rings is 1. The molecule has 2 aromatic heterocycles. The van der Waals surface area contributed by atoms with Crippen LogP contribution in [0.3, 0.4) is 0 Å². The van der Waals surface area contributed by atoms with Crippen LogP contribution in [0.1, 0.15) is 31.1 Å². The lowest BCUT2D eigenvalue weighted by molar-refractivity contribution is 0.156. The van der Waals surface area contributed by atoms with Gasteiger partial charge in [-0.25, -0.2) is 9.97 Å².